The summed E-state index contributed by atoms with van der Waals surface area (Å²) in [6.07, 6.45) is 4.28. The fourth-order valence-electron chi connectivity index (χ4n) is 2.30. The fraction of sp³-hybridized carbons (Fsp3) is 0.533. The molecule has 2 N–H and O–H groups in total. The number of aryl methyl sites for hydroxylation is 1. The van der Waals surface area contributed by atoms with Crippen LogP contribution in [0, 0.1) is 0 Å². The SMILES string of the molecule is CCCc1ccc(C(=O)ON)c(C(C)CCC)c1. The molecule has 0 aliphatic rings. The van der Waals surface area contributed by atoms with Gasteiger partial charge >= 0.3 is 5.97 Å². The minimum absolute atomic E-state index is 0.348. The third-order valence-electron chi connectivity index (χ3n) is 3.23. The Labute approximate surface area is 109 Å². The Hall–Kier alpha value is -1.35. The predicted molar refractivity (Wildman–Crippen MR) is 73.4 cm³/mol. The van der Waals surface area contributed by atoms with Crippen LogP contribution in [-0.2, 0) is 11.3 Å². The molecular formula is C15H23NO2. The monoisotopic (exact) mass is 249 g/mol. The van der Waals surface area contributed by atoms with E-state index in [0.717, 1.165) is 31.2 Å². The van der Waals surface area contributed by atoms with E-state index >= 15 is 0 Å². The first kappa shape index (κ1) is 14.7. The Bertz CT molecular complexity index is 401. The van der Waals surface area contributed by atoms with E-state index in [1.54, 1.807) is 0 Å². The van der Waals surface area contributed by atoms with Crippen molar-refractivity contribution in [1.29, 1.82) is 0 Å². The van der Waals surface area contributed by atoms with E-state index in [1.165, 1.54) is 5.56 Å². The molecule has 0 aromatic heterocycles. The van der Waals surface area contributed by atoms with Crippen LogP contribution < -0.4 is 5.90 Å². The zero-order valence-electron chi connectivity index (χ0n) is 11.5. The molecule has 100 valence electrons. The molecule has 1 aromatic carbocycles. The van der Waals surface area contributed by atoms with Crippen LogP contribution in [0.5, 0.6) is 0 Å². The molecule has 1 rings (SSSR count). The lowest BCUT2D eigenvalue weighted by Gasteiger charge is -2.16. The summed E-state index contributed by atoms with van der Waals surface area (Å²) in [6, 6.07) is 5.94. The summed E-state index contributed by atoms with van der Waals surface area (Å²) in [5.74, 6) is 4.89. The van der Waals surface area contributed by atoms with Crippen LogP contribution in [0.3, 0.4) is 0 Å². The van der Waals surface area contributed by atoms with Gasteiger partial charge in [-0.2, -0.15) is 5.90 Å². The van der Waals surface area contributed by atoms with Gasteiger partial charge in [0.2, 0.25) is 0 Å². The van der Waals surface area contributed by atoms with Crippen LogP contribution in [0.25, 0.3) is 0 Å². The van der Waals surface area contributed by atoms with Crippen molar-refractivity contribution in [2.45, 2.75) is 52.4 Å². The van der Waals surface area contributed by atoms with E-state index < -0.39 is 5.97 Å². The summed E-state index contributed by atoms with van der Waals surface area (Å²) < 4.78 is 0. The lowest BCUT2D eigenvalue weighted by molar-refractivity contribution is 0.0501. The third-order valence-corrected chi connectivity index (χ3v) is 3.23. The fourth-order valence-corrected chi connectivity index (χ4v) is 2.30. The van der Waals surface area contributed by atoms with Gasteiger partial charge in [-0.15, -0.1) is 0 Å². The molecule has 3 heteroatoms. The van der Waals surface area contributed by atoms with Crippen molar-refractivity contribution in [3.63, 3.8) is 0 Å². The molecule has 0 saturated carbocycles. The molecule has 0 aliphatic heterocycles. The van der Waals surface area contributed by atoms with Gasteiger partial charge in [0.1, 0.15) is 0 Å². The number of hydrogen-bond donors (Lipinski definition) is 1. The average molecular weight is 249 g/mol. The highest BCUT2D eigenvalue weighted by atomic mass is 16.7. The Morgan fingerprint density at radius 1 is 1.33 bits per heavy atom. The largest absolute Gasteiger partial charge is 0.370 e. The topological polar surface area (TPSA) is 52.3 Å². The van der Waals surface area contributed by atoms with Crippen LogP contribution >= 0.6 is 0 Å². The molecule has 0 saturated heterocycles. The van der Waals surface area contributed by atoms with Gasteiger partial charge in [0.15, 0.2) is 0 Å². The van der Waals surface area contributed by atoms with Crippen molar-refractivity contribution in [2.24, 2.45) is 5.90 Å². The Morgan fingerprint density at radius 3 is 2.61 bits per heavy atom. The highest BCUT2D eigenvalue weighted by molar-refractivity contribution is 5.91. The molecule has 0 radical (unpaired) electrons. The molecule has 1 atom stereocenters. The van der Waals surface area contributed by atoms with Crippen molar-refractivity contribution in [1.82, 2.24) is 0 Å². The standard InChI is InChI=1S/C15H23NO2/c1-4-6-11(3)14-10-12(7-5-2)8-9-13(14)15(17)18-16/h8-11H,4-7,16H2,1-3H3. The number of rotatable bonds is 6. The number of hydrogen-bond acceptors (Lipinski definition) is 3. The van der Waals surface area contributed by atoms with Gasteiger partial charge in [-0.05, 0) is 36.0 Å². The summed E-state index contributed by atoms with van der Waals surface area (Å²) >= 11 is 0. The minimum Gasteiger partial charge on any atom is -0.370 e. The normalized spacial score (nSPS) is 12.2. The van der Waals surface area contributed by atoms with Crippen LogP contribution in [0.4, 0.5) is 0 Å². The maximum Gasteiger partial charge on any atom is 0.356 e. The van der Waals surface area contributed by atoms with E-state index in [4.69, 9.17) is 5.90 Å². The molecule has 0 amide bonds. The first-order valence-corrected chi connectivity index (χ1v) is 6.67. The highest BCUT2D eigenvalue weighted by Crippen LogP contribution is 2.26. The van der Waals surface area contributed by atoms with Crippen LogP contribution in [0.1, 0.15) is 67.4 Å². The molecule has 0 heterocycles. The molecule has 1 unspecified atom stereocenters. The summed E-state index contributed by atoms with van der Waals surface area (Å²) in [5, 5.41) is 0. The van der Waals surface area contributed by atoms with E-state index in [1.807, 2.05) is 12.1 Å². The van der Waals surface area contributed by atoms with Crippen molar-refractivity contribution >= 4 is 5.97 Å². The molecule has 0 bridgehead atoms. The predicted octanol–water partition coefficient (Wildman–Crippen LogP) is 3.57. The average Bonchev–Trinajstić information content (AvgIpc) is 2.38. The Kier molecular flexibility index (Phi) is 5.86. The highest BCUT2D eigenvalue weighted by Gasteiger charge is 2.17. The molecule has 3 nitrogen and oxygen atoms in total. The second-order valence-electron chi connectivity index (χ2n) is 4.77. The lowest BCUT2D eigenvalue weighted by atomic mass is 9.90. The summed E-state index contributed by atoms with van der Waals surface area (Å²) in [6.45, 7) is 6.44. The molecular weight excluding hydrogens is 226 g/mol. The first-order chi connectivity index (χ1) is 8.63. The van der Waals surface area contributed by atoms with Gasteiger partial charge in [-0.25, -0.2) is 4.79 Å². The van der Waals surface area contributed by atoms with Crippen molar-refractivity contribution in [2.75, 3.05) is 0 Å². The van der Waals surface area contributed by atoms with Gasteiger partial charge in [0, 0.05) is 0 Å². The van der Waals surface area contributed by atoms with E-state index in [-0.39, 0.29) is 0 Å². The maximum atomic E-state index is 11.7. The van der Waals surface area contributed by atoms with Crippen molar-refractivity contribution < 1.29 is 9.63 Å². The van der Waals surface area contributed by atoms with Crippen molar-refractivity contribution in [3.8, 4) is 0 Å². The Morgan fingerprint density at radius 2 is 2.06 bits per heavy atom. The van der Waals surface area contributed by atoms with Crippen LogP contribution in [0.15, 0.2) is 18.2 Å². The van der Waals surface area contributed by atoms with Gasteiger partial charge in [0.05, 0.1) is 5.56 Å². The third kappa shape index (κ3) is 3.57. The van der Waals surface area contributed by atoms with Gasteiger partial charge < -0.3 is 4.84 Å². The van der Waals surface area contributed by atoms with Crippen LogP contribution in [-0.4, -0.2) is 5.97 Å². The second-order valence-corrected chi connectivity index (χ2v) is 4.77. The Balaban J connectivity index is 3.12. The summed E-state index contributed by atoms with van der Waals surface area (Å²) in [5.41, 5.74) is 2.92. The number of benzene rings is 1. The molecule has 0 fully saturated rings. The smallest absolute Gasteiger partial charge is 0.356 e. The first-order valence-electron chi connectivity index (χ1n) is 6.67. The van der Waals surface area contributed by atoms with E-state index in [0.29, 0.717) is 11.5 Å². The number of nitrogens with two attached hydrogens (primary N) is 1. The van der Waals surface area contributed by atoms with Gasteiger partial charge in [-0.1, -0.05) is 45.7 Å². The second kappa shape index (κ2) is 7.17. The quantitative estimate of drug-likeness (QED) is 0.784. The minimum atomic E-state index is -0.448. The molecule has 0 spiro atoms. The van der Waals surface area contributed by atoms with Crippen LogP contribution in [0.2, 0.25) is 0 Å². The van der Waals surface area contributed by atoms with E-state index in [2.05, 4.69) is 31.7 Å². The molecule has 1 aromatic rings. The summed E-state index contributed by atoms with van der Waals surface area (Å²) in [7, 11) is 0. The van der Waals surface area contributed by atoms with Gasteiger partial charge in [-0.3, -0.25) is 0 Å². The zero-order valence-corrected chi connectivity index (χ0v) is 11.5. The lowest BCUT2D eigenvalue weighted by Crippen LogP contribution is -2.14. The van der Waals surface area contributed by atoms with Gasteiger partial charge in [0.25, 0.3) is 0 Å². The summed E-state index contributed by atoms with van der Waals surface area (Å²) in [4.78, 5) is 16.0. The number of carbonyl (C=O) groups excluding carboxylic acids is 1. The maximum absolute atomic E-state index is 11.7. The van der Waals surface area contributed by atoms with E-state index in [9.17, 15) is 4.79 Å². The van der Waals surface area contributed by atoms with Crippen molar-refractivity contribution in [3.05, 3.63) is 34.9 Å². The molecule has 18 heavy (non-hydrogen) atoms. The zero-order chi connectivity index (χ0) is 13.5. The number of carbonyl (C=O) groups is 1. The molecule has 0 aliphatic carbocycles.